The van der Waals surface area contributed by atoms with Crippen LogP contribution in [0.4, 0.5) is 0 Å². The first-order valence-electron chi connectivity index (χ1n) is 5.34. The van der Waals surface area contributed by atoms with E-state index in [4.69, 9.17) is 5.11 Å². The number of hydrogen-bond donors (Lipinski definition) is 1. The molecular formula is C11H18N2O2S. The molecule has 0 fully saturated rings. The lowest BCUT2D eigenvalue weighted by molar-refractivity contribution is -0.138. The molecule has 0 saturated carbocycles. The highest BCUT2D eigenvalue weighted by Crippen LogP contribution is 2.28. The van der Waals surface area contributed by atoms with E-state index in [2.05, 4.69) is 11.9 Å². The largest absolute Gasteiger partial charge is 0.480 e. The lowest BCUT2D eigenvalue weighted by atomic mass is 10.2. The molecule has 5 heteroatoms. The Kier molecular flexibility index (Phi) is 4.44. The Labute approximate surface area is 99.9 Å². The molecule has 1 aromatic heterocycles. The topological polar surface area (TPSA) is 53.4 Å². The van der Waals surface area contributed by atoms with Crippen LogP contribution in [0.15, 0.2) is 0 Å². The van der Waals surface area contributed by atoms with Gasteiger partial charge in [-0.25, -0.2) is 4.98 Å². The number of carbonyl (C=O) groups is 1. The first kappa shape index (κ1) is 13.1. The molecule has 1 heterocycles. The fourth-order valence-electron chi connectivity index (χ4n) is 1.56. The van der Waals surface area contributed by atoms with Gasteiger partial charge in [-0.3, -0.25) is 9.69 Å². The smallest absolute Gasteiger partial charge is 0.317 e. The Bertz CT molecular complexity index is 376. The van der Waals surface area contributed by atoms with Crippen LogP contribution in [0.5, 0.6) is 0 Å². The van der Waals surface area contributed by atoms with Gasteiger partial charge in [0.25, 0.3) is 0 Å². The van der Waals surface area contributed by atoms with Crippen LogP contribution in [0.1, 0.15) is 35.5 Å². The number of hydrogen-bond acceptors (Lipinski definition) is 4. The normalized spacial score (nSPS) is 13.1. The highest BCUT2D eigenvalue weighted by atomic mass is 32.1. The zero-order valence-corrected chi connectivity index (χ0v) is 11.0. The number of aliphatic carboxylic acids is 1. The summed E-state index contributed by atoms with van der Waals surface area (Å²) in [4.78, 5) is 18.1. The predicted octanol–water partition coefficient (Wildman–Crippen LogP) is 2.09. The minimum atomic E-state index is -0.799. The first-order chi connectivity index (χ1) is 7.45. The summed E-state index contributed by atoms with van der Waals surface area (Å²) in [5.74, 6) is -0.799. The summed E-state index contributed by atoms with van der Waals surface area (Å²) in [5, 5.41) is 9.86. The maximum absolute atomic E-state index is 10.6. The Morgan fingerprint density at radius 1 is 1.62 bits per heavy atom. The summed E-state index contributed by atoms with van der Waals surface area (Å²) in [6.07, 6.45) is 0.931. The quantitative estimate of drug-likeness (QED) is 0.859. The molecule has 0 saturated heterocycles. The number of carboxylic acids is 1. The van der Waals surface area contributed by atoms with Crippen molar-refractivity contribution in [3.05, 3.63) is 15.6 Å². The molecular weight excluding hydrogens is 224 g/mol. The lowest BCUT2D eigenvalue weighted by Gasteiger charge is -2.21. The van der Waals surface area contributed by atoms with Crippen LogP contribution < -0.4 is 0 Å². The number of thiazole rings is 1. The van der Waals surface area contributed by atoms with E-state index >= 15 is 0 Å². The molecule has 0 amide bonds. The van der Waals surface area contributed by atoms with Crippen molar-refractivity contribution < 1.29 is 9.90 Å². The predicted molar refractivity (Wildman–Crippen MR) is 64.9 cm³/mol. The number of aromatic nitrogens is 1. The minimum absolute atomic E-state index is 0.0555. The summed E-state index contributed by atoms with van der Waals surface area (Å²) >= 11 is 1.68. The maximum Gasteiger partial charge on any atom is 0.317 e. The van der Waals surface area contributed by atoms with Crippen molar-refractivity contribution in [1.82, 2.24) is 9.88 Å². The van der Waals surface area contributed by atoms with E-state index in [0.717, 1.165) is 17.1 Å². The van der Waals surface area contributed by atoms with Crippen LogP contribution in [0, 0.1) is 6.92 Å². The summed E-state index contributed by atoms with van der Waals surface area (Å²) in [6.45, 7) is 6.13. The molecule has 0 aliphatic carbocycles. The lowest BCUT2D eigenvalue weighted by Crippen LogP contribution is -2.28. The highest BCUT2D eigenvalue weighted by Gasteiger charge is 2.19. The van der Waals surface area contributed by atoms with E-state index < -0.39 is 5.97 Å². The van der Waals surface area contributed by atoms with Gasteiger partial charge in [-0.15, -0.1) is 11.3 Å². The molecule has 1 rings (SSSR count). The SMILES string of the molecule is CCc1nc(C)c(C(C)N(C)CC(=O)O)s1. The molecule has 0 spiro atoms. The molecule has 4 nitrogen and oxygen atoms in total. The molecule has 0 aliphatic rings. The highest BCUT2D eigenvalue weighted by molar-refractivity contribution is 7.11. The number of rotatable bonds is 5. The third-order valence-corrected chi connectivity index (χ3v) is 4.08. The molecule has 0 aliphatic heterocycles. The van der Waals surface area contributed by atoms with E-state index in [1.807, 2.05) is 25.8 Å². The second-order valence-electron chi connectivity index (χ2n) is 3.90. The van der Waals surface area contributed by atoms with E-state index in [9.17, 15) is 4.79 Å². The summed E-state index contributed by atoms with van der Waals surface area (Å²) in [7, 11) is 1.82. The van der Waals surface area contributed by atoms with Crippen LogP contribution in [0.3, 0.4) is 0 Å². The second-order valence-corrected chi connectivity index (χ2v) is 5.01. The third kappa shape index (κ3) is 3.02. The first-order valence-corrected chi connectivity index (χ1v) is 6.15. The van der Waals surface area contributed by atoms with E-state index in [1.165, 1.54) is 4.88 Å². The van der Waals surface area contributed by atoms with E-state index in [1.54, 1.807) is 11.3 Å². The molecule has 90 valence electrons. The van der Waals surface area contributed by atoms with Gasteiger partial charge in [0.05, 0.1) is 17.2 Å². The van der Waals surface area contributed by atoms with E-state index in [-0.39, 0.29) is 12.6 Å². The Morgan fingerprint density at radius 3 is 2.69 bits per heavy atom. The van der Waals surface area contributed by atoms with Gasteiger partial charge in [-0.2, -0.15) is 0 Å². The number of nitrogens with zero attached hydrogens (tertiary/aromatic N) is 2. The number of carboxylic acid groups (broad SMARTS) is 1. The second kappa shape index (κ2) is 5.41. The Balaban J connectivity index is 2.82. The molecule has 1 aromatic rings. The van der Waals surface area contributed by atoms with Crippen molar-refractivity contribution in [3.8, 4) is 0 Å². The monoisotopic (exact) mass is 242 g/mol. The number of likely N-dealkylation sites (N-methyl/N-ethyl adjacent to an activating group) is 1. The molecule has 16 heavy (non-hydrogen) atoms. The van der Waals surface area contributed by atoms with Gasteiger partial charge in [0.15, 0.2) is 0 Å². The van der Waals surface area contributed by atoms with Gasteiger partial charge in [-0.05, 0) is 27.3 Å². The van der Waals surface area contributed by atoms with Crippen LogP contribution in [0.25, 0.3) is 0 Å². The summed E-state index contributed by atoms with van der Waals surface area (Å²) < 4.78 is 0. The van der Waals surface area contributed by atoms with Crippen molar-refractivity contribution >= 4 is 17.3 Å². The molecule has 0 bridgehead atoms. The zero-order chi connectivity index (χ0) is 12.3. The van der Waals surface area contributed by atoms with Crippen LogP contribution >= 0.6 is 11.3 Å². The minimum Gasteiger partial charge on any atom is -0.480 e. The number of aryl methyl sites for hydroxylation is 2. The van der Waals surface area contributed by atoms with Gasteiger partial charge in [0.1, 0.15) is 0 Å². The van der Waals surface area contributed by atoms with Crippen LogP contribution in [-0.4, -0.2) is 34.6 Å². The van der Waals surface area contributed by atoms with Crippen molar-refractivity contribution in [2.24, 2.45) is 0 Å². The van der Waals surface area contributed by atoms with E-state index in [0.29, 0.717) is 0 Å². The van der Waals surface area contributed by atoms with Gasteiger partial charge in [-0.1, -0.05) is 6.92 Å². The fourth-order valence-corrected chi connectivity index (χ4v) is 2.68. The van der Waals surface area contributed by atoms with Crippen molar-refractivity contribution in [2.75, 3.05) is 13.6 Å². The molecule has 0 aromatic carbocycles. The Hall–Kier alpha value is -0.940. The van der Waals surface area contributed by atoms with Crippen LogP contribution in [0.2, 0.25) is 0 Å². The van der Waals surface area contributed by atoms with Crippen molar-refractivity contribution in [3.63, 3.8) is 0 Å². The van der Waals surface area contributed by atoms with Gasteiger partial charge in [0, 0.05) is 10.9 Å². The summed E-state index contributed by atoms with van der Waals surface area (Å²) in [5.41, 5.74) is 1.02. The van der Waals surface area contributed by atoms with Gasteiger partial charge in [0.2, 0.25) is 0 Å². The van der Waals surface area contributed by atoms with Crippen molar-refractivity contribution in [1.29, 1.82) is 0 Å². The molecule has 1 N–H and O–H groups in total. The van der Waals surface area contributed by atoms with Crippen LogP contribution in [-0.2, 0) is 11.2 Å². The molecule has 1 unspecified atom stereocenters. The van der Waals surface area contributed by atoms with Gasteiger partial charge < -0.3 is 5.11 Å². The summed E-state index contributed by atoms with van der Waals surface area (Å²) in [6, 6.07) is 0.105. The molecule has 1 atom stereocenters. The maximum atomic E-state index is 10.6. The van der Waals surface area contributed by atoms with Gasteiger partial charge >= 0.3 is 5.97 Å². The third-order valence-electron chi connectivity index (χ3n) is 2.60. The average molecular weight is 242 g/mol. The molecule has 0 radical (unpaired) electrons. The Morgan fingerprint density at radius 2 is 2.25 bits per heavy atom. The van der Waals surface area contributed by atoms with Crippen molar-refractivity contribution in [2.45, 2.75) is 33.2 Å². The fraction of sp³-hybridized carbons (Fsp3) is 0.636. The standard InChI is InChI=1S/C11H18N2O2S/c1-5-9-12-7(2)11(16-9)8(3)13(4)6-10(14)15/h8H,5-6H2,1-4H3,(H,14,15). The zero-order valence-electron chi connectivity index (χ0n) is 10.1. The average Bonchev–Trinajstić information content (AvgIpc) is 2.57.